The largest absolute Gasteiger partial charge is 0.326 e. The van der Waals surface area contributed by atoms with Gasteiger partial charge in [0.2, 0.25) is 5.91 Å². The summed E-state index contributed by atoms with van der Waals surface area (Å²) >= 11 is 0. The van der Waals surface area contributed by atoms with Crippen molar-refractivity contribution < 1.29 is 4.79 Å². The lowest BCUT2D eigenvalue weighted by atomic mass is 10.2. The summed E-state index contributed by atoms with van der Waals surface area (Å²) in [5, 5.41) is 4.07. The highest BCUT2D eigenvalue weighted by Crippen LogP contribution is 2.19. The second-order valence-electron chi connectivity index (χ2n) is 6.52. The molecule has 2 rings (SSSR count). The molecule has 1 amide bonds. The van der Waals surface area contributed by atoms with Gasteiger partial charge in [0.05, 0.1) is 14.5 Å². The molecule has 0 atom stereocenters. The minimum absolute atomic E-state index is 0.0163. The summed E-state index contributed by atoms with van der Waals surface area (Å²) in [6.45, 7) is 6.72. The van der Waals surface area contributed by atoms with Gasteiger partial charge < -0.3 is 5.32 Å². The Balaban J connectivity index is 2.16. The maximum atomic E-state index is 12.3. The molecular formula is C20H23NOSi. The molecule has 0 spiro atoms. The zero-order valence-corrected chi connectivity index (χ0v) is 15.0. The van der Waals surface area contributed by atoms with Crippen LogP contribution in [0.1, 0.15) is 12.0 Å². The predicted octanol–water partition coefficient (Wildman–Crippen LogP) is 5.13. The van der Waals surface area contributed by atoms with Crippen LogP contribution in [0.3, 0.4) is 0 Å². The van der Waals surface area contributed by atoms with Gasteiger partial charge in [-0.05, 0) is 29.0 Å². The highest BCUT2D eigenvalue weighted by atomic mass is 28.3. The van der Waals surface area contributed by atoms with E-state index < -0.39 is 8.07 Å². The minimum Gasteiger partial charge on any atom is -0.326 e. The number of carbonyl (C=O) groups is 1. The fraction of sp³-hybridized carbons (Fsp3) is 0.200. The van der Waals surface area contributed by atoms with E-state index in [2.05, 4.69) is 30.7 Å². The third-order valence-corrected chi connectivity index (χ3v) is 5.64. The minimum atomic E-state index is -1.61. The molecule has 2 nitrogen and oxygen atoms in total. The molecule has 0 aliphatic rings. The Kier molecular flexibility index (Phi) is 5.75. The van der Waals surface area contributed by atoms with E-state index in [1.807, 2.05) is 66.7 Å². The van der Waals surface area contributed by atoms with Gasteiger partial charge in [-0.15, -0.1) is 5.73 Å². The highest BCUT2D eigenvalue weighted by Gasteiger charge is 2.21. The summed E-state index contributed by atoms with van der Waals surface area (Å²) < 4.78 is 0. The van der Waals surface area contributed by atoms with Crippen LogP contribution in [0.2, 0.25) is 19.6 Å². The van der Waals surface area contributed by atoms with E-state index in [9.17, 15) is 4.79 Å². The highest BCUT2D eigenvalue weighted by molar-refractivity contribution is 6.83. The number of hydrogen-bond donors (Lipinski definition) is 1. The first kappa shape index (κ1) is 17.0. The molecule has 2 aromatic carbocycles. The maximum absolute atomic E-state index is 12.3. The number of amides is 1. The summed E-state index contributed by atoms with van der Waals surface area (Å²) in [4.78, 5) is 12.3. The van der Waals surface area contributed by atoms with Gasteiger partial charge in [0.15, 0.2) is 0 Å². The van der Waals surface area contributed by atoms with Gasteiger partial charge in [0.1, 0.15) is 0 Å². The first-order valence-electron chi connectivity index (χ1n) is 7.81. The van der Waals surface area contributed by atoms with Crippen molar-refractivity contribution in [2.24, 2.45) is 0 Å². The number of rotatable bonds is 5. The van der Waals surface area contributed by atoms with Crippen LogP contribution in [-0.2, 0) is 4.79 Å². The normalized spacial score (nSPS) is 10.6. The molecule has 1 N–H and O–H groups in total. The molecule has 0 saturated heterocycles. The summed E-state index contributed by atoms with van der Waals surface area (Å²) in [6.07, 6.45) is 2.37. The molecule has 3 heteroatoms. The number of benzene rings is 2. The molecule has 118 valence electrons. The second kappa shape index (κ2) is 7.77. The van der Waals surface area contributed by atoms with Crippen LogP contribution < -0.4 is 5.32 Å². The van der Waals surface area contributed by atoms with Crippen LogP contribution in [0.4, 0.5) is 5.69 Å². The lowest BCUT2D eigenvalue weighted by Gasteiger charge is -2.18. The molecule has 0 fully saturated rings. The Morgan fingerprint density at radius 3 is 2.13 bits per heavy atom. The van der Waals surface area contributed by atoms with E-state index >= 15 is 0 Å². The van der Waals surface area contributed by atoms with Gasteiger partial charge >= 0.3 is 0 Å². The summed E-state index contributed by atoms with van der Waals surface area (Å²) in [5.41, 5.74) is 5.32. The van der Waals surface area contributed by atoms with E-state index in [1.54, 1.807) is 0 Å². The summed E-state index contributed by atoms with van der Waals surface area (Å²) in [6, 6.07) is 19.6. The van der Waals surface area contributed by atoms with Crippen LogP contribution in [0, 0.1) is 0 Å². The van der Waals surface area contributed by atoms with Crippen molar-refractivity contribution in [2.75, 3.05) is 5.32 Å². The van der Waals surface area contributed by atoms with E-state index in [4.69, 9.17) is 0 Å². The molecule has 0 saturated carbocycles. The molecular weight excluding hydrogens is 298 g/mol. The SMILES string of the molecule is C[Si](C)(C)C(=C=Cc1ccccc1)CC(=O)Nc1ccccc1. The monoisotopic (exact) mass is 321 g/mol. The lowest BCUT2D eigenvalue weighted by Crippen LogP contribution is -2.27. The Morgan fingerprint density at radius 1 is 1.00 bits per heavy atom. The van der Waals surface area contributed by atoms with E-state index in [-0.39, 0.29) is 5.91 Å². The van der Waals surface area contributed by atoms with Crippen molar-refractivity contribution in [2.45, 2.75) is 26.1 Å². The van der Waals surface area contributed by atoms with Crippen LogP contribution in [0.15, 0.2) is 71.6 Å². The Labute approximate surface area is 139 Å². The van der Waals surface area contributed by atoms with Gasteiger partial charge in [0.25, 0.3) is 0 Å². The summed E-state index contributed by atoms with van der Waals surface area (Å²) in [7, 11) is -1.61. The van der Waals surface area contributed by atoms with Crippen molar-refractivity contribution in [1.29, 1.82) is 0 Å². The Bertz CT molecular complexity index is 708. The third kappa shape index (κ3) is 5.74. The van der Waals surface area contributed by atoms with E-state index in [0.717, 1.165) is 16.4 Å². The van der Waals surface area contributed by atoms with Gasteiger partial charge in [-0.2, -0.15) is 0 Å². The zero-order valence-electron chi connectivity index (χ0n) is 14.0. The second-order valence-corrected chi connectivity index (χ2v) is 11.6. The molecule has 0 heterocycles. The van der Waals surface area contributed by atoms with Crippen LogP contribution in [-0.4, -0.2) is 14.0 Å². The average Bonchev–Trinajstić information content (AvgIpc) is 2.52. The van der Waals surface area contributed by atoms with Gasteiger partial charge in [-0.3, -0.25) is 4.79 Å². The molecule has 2 aromatic rings. The smallest absolute Gasteiger partial charge is 0.228 e. The first-order valence-corrected chi connectivity index (χ1v) is 11.3. The molecule has 0 radical (unpaired) electrons. The van der Waals surface area contributed by atoms with Gasteiger partial charge in [-0.1, -0.05) is 68.2 Å². The Morgan fingerprint density at radius 2 is 1.57 bits per heavy atom. The van der Waals surface area contributed by atoms with Gasteiger partial charge in [-0.25, -0.2) is 0 Å². The molecule has 0 bridgehead atoms. The fourth-order valence-corrected chi connectivity index (χ4v) is 3.34. The van der Waals surface area contributed by atoms with Crippen molar-refractivity contribution in [3.05, 3.63) is 77.2 Å². The number of hydrogen-bond acceptors (Lipinski definition) is 1. The Hall–Kier alpha value is -2.35. The first-order chi connectivity index (χ1) is 10.9. The van der Waals surface area contributed by atoms with Crippen molar-refractivity contribution >= 4 is 25.7 Å². The topological polar surface area (TPSA) is 29.1 Å². The fourth-order valence-electron chi connectivity index (χ4n) is 2.14. The van der Waals surface area contributed by atoms with Crippen LogP contribution in [0.25, 0.3) is 6.08 Å². The van der Waals surface area contributed by atoms with Crippen LogP contribution >= 0.6 is 0 Å². The molecule has 23 heavy (non-hydrogen) atoms. The lowest BCUT2D eigenvalue weighted by molar-refractivity contribution is -0.115. The predicted molar refractivity (Wildman–Crippen MR) is 101 cm³/mol. The number of anilines is 1. The number of para-hydroxylation sites is 1. The molecule has 0 aliphatic carbocycles. The molecule has 0 unspecified atom stereocenters. The van der Waals surface area contributed by atoms with Crippen LogP contribution in [0.5, 0.6) is 0 Å². The standard InChI is InChI=1S/C20H23NOSi/c1-23(2,3)19(15-14-17-10-6-4-7-11-17)16-20(22)21-18-12-8-5-9-13-18/h4-14H,16H2,1-3H3,(H,21,22). The number of carbonyl (C=O) groups excluding carboxylic acids is 1. The molecule has 0 aromatic heterocycles. The molecule has 0 aliphatic heterocycles. The maximum Gasteiger partial charge on any atom is 0.228 e. The van der Waals surface area contributed by atoms with E-state index in [0.29, 0.717) is 6.42 Å². The summed E-state index contributed by atoms with van der Waals surface area (Å²) in [5.74, 6) is 0.0163. The number of nitrogens with one attached hydrogen (secondary N) is 1. The zero-order chi connectivity index (χ0) is 16.7. The van der Waals surface area contributed by atoms with Crippen molar-refractivity contribution in [1.82, 2.24) is 0 Å². The third-order valence-electron chi connectivity index (χ3n) is 3.51. The van der Waals surface area contributed by atoms with E-state index in [1.165, 1.54) is 0 Å². The van der Waals surface area contributed by atoms with Crippen molar-refractivity contribution in [3.63, 3.8) is 0 Å². The van der Waals surface area contributed by atoms with Gasteiger partial charge in [0, 0.05) is 5.69 Å². The quantitative estimate of drug-likeness (QED) is 0.600. The van der Waals surface area contributed by atoms with Crippen molar-refractivity contribution in [3.8, 4) is 0 Å². The average molecular weight is 321 g/mol.